The Balaban J connectivity index is 1.43. The van der Waals surface area contributed by atoms with Crippen molar-refractivity contribution in [3.8, 4) is 16.8 Å². The number of fused-ring (bicyclic) bond motifs is 2. The van der Waals surface area contributed by atoms with E-state index in [2.05, 4.69) is 20.4 Å². The largest absolute Gasteiger partial charge is 0.465 e. The summed E-state index contributed by atoms with van der Waals surface area (Å²) in [5.41, 5.74) is -0.922. The first-order chi connectivity index (χ1) is 28.9. The van der Waals surface area contributed by atoms with E-state index in [0.29, 0.717) is 50.5 Å². The maximum absolute atomic E-state index is 15.4. The third-order valence-corrected chi connectivity index (χ3v) is 10.0. The van der Waals surface area contributed by atoms with Gasteiger partial charge in [-0.1, -0.05) is 41.9 Å². The minimum absolute atomic E-state index is 0.0224. The van der Waals surface area contributed by atoms with Crippen LogP contribution in [0, 0.1) is 17.5 Å². The van der Waals surface area contributed by atoms with Crippen LogP contribution in [0.25, 0.3) is 38.5 Å². The van der Waals surface area contributed by atoms with Crippen molar-refractivity contribution in [1.29, 1.82) is 0 Å². The quantitative estimate of drug-likeness (QED) is 0.108. The lowest BCUT2D eigenvalue weighted by molar-refractivity contribution is 0.0300. The average molecular weight is 855 g/mol. The van der Waals surface area contributed by atoms with Gasteiger partial charge in [0.15, 0.2) is 11.6 Å². The number of esters is 1. The number of carbonyl (C=O) groups excluding carboxylic acids is 2. The Labute approximate surface area is 350 Å². The van der Waals surface area contributed by atoms with Crippen LogP contribution in [0.4, 0.5) is 29.6 Å². The van der Waals surface area contributed by atoms with Gasteiger partial charge in [0.25, 0.3) is 0 Å². The second-order valence-electron chi connectivity index (χ2n) is 15.1. The number of anilines is 2. The molecule has 0 saturated heterocycles. The number of rotatable bonds is 10. The summed E-state index contributed by atoms with van der Waals surface area (Å²) in [7, 11) is 4.52. The number of ether oxygens (including phenoxy) is 2. The van der Waals surface area contributed by atoms with E-state index in [0.717, 1.165) is 9.13 Å². The molecule has 18 heteroatoms. The topological polar surface area (TPSA) is 155 Å². The molecule has 0 aliphatic carbocycles. The van der Waals surface area contributed by atoms with E-state index >= 15 is 4.39 Å². The molecule has 0 aliphatic heterocycles. The number of pyridine rings is 1. The van der Waals surface area contributed by atoms with E-state index < -0.39 is 64.6 Å². The number of methoxy groups -OCH3 is 1. The minimum Gasteiger partial charge on any atom is -0.465 e. The molecular weight excluding hydrogens is 817 g/mol. The lowest BCUT2D eigenvalue weighted by Crippen LogP contribution is -2.42. The second-order valence-corrected chi connectivity index (χ2v) is 15.5. The predicted molar refractivity (Wildman–Crippen MR) is 223 cm³/mol. The summed E-state index contributed by atoms with van der Waals surface area (Å²) in [6.07, 6.45) is 4.10. The van der Waals surface area contributed by atoms with Crippen LogP contribution >= 0.6 is 11.6 Å². The number of hydrogen-bond acceptors (Lipinski definition) is 10. The Kier molecular flexibility index (Phi) is 11.4. The molecule has 3 heterocycles. The summed E-state index contributed by atoms with van der Waals surface area (Å²) in [5.74, 6) is -5.01. The van der Waals surface area contributed by atoms with Crippen LogP contribution in [0.3, 0.4) is 0 Å². The molecule has 14 nitrogen and oxygen atoms in total. The fraction of sp³-hybridized carbons (Fsp3) is 0.233. The van der Waals surface area contributed by atoms with Crippen molar-refractivity contribution in [2.45, 2.75) is 39.3 Å². The van der Waals surface area contributed by atoms with Crippen LogP contribution in [0.5, 0.6) is 0 Å². The first-order valence-electron chi connectivity index (χ1n) is 18.7. The number of aryl methyl sites for hydroxylation is 1. The molecule has 0 spiro atoms. The molecule has 0 fully saturated rings. The summed E-state index contributed by atoms with van der Waals surface area (Å²) in [6, 6.07) is 14.2. The Morgan fingerprint density at radius 2 is 1.70 bits per heavy atom. The van der Waals surface area contributed by atoms with Crippen molar-refractivity contribution in [1.82, 2.24) is 33.8 Å². The maximum Gasteiger partial charge on any atom is 0.410 e. The van der Waals surface area contributed by atoms with Crippen LogP contribution in [-0.2, 0) is 29.5 Å². The highest BCUT2D eigenvalue weighted by Crippen LogP contribution is 2.36. The number of hydrogen-bond donors (Lipinski definition) is 1. The number of benzene rings is 4. The number of nitrogens with one attached hydrogen (secondary N) is 1. The zero-order valence-corrected chi connectivity index (χ0v) is 34.5. The first kappa shape index (κ1) is 42.1. The van der Waals surface area contributed by atoms with Crippen LogP contribution in [0.15, 0.2) is 88.8 Å². The van der Waals surface area contributed by atoms with Crippen LogP contribution in [0.2, 0.25) is 5.02 Å². The molecule has 0 radical (unpaired) electrons. The molecule has 0 bridgehead atoms. The van der Waals surface area contributed by atoms with E-state index in [4.69, 9.17) is 21.1 Å². The molecule has 1 amide bonds. The number of carbonyl (C=O) groups is 2. The Morgan fingerprint density at radius 3 is 2.44 bits per heavy atom. The van der Waals surface area contributed by atoms with Gasteiger partial charge in [0.1, 0.15) is 11.4 Å². The van der Waals surface area contributed by atoms with Gasteiger partial charge in [-0.15, -0.1) is 0 Å². The van der Waals surface area contributed by atoms with E-state index in [-0.39, 0.29) is 34.9 Å². The zero-order chi connectivity index (χ0) is 43.9. The molecule has 4 aromatic carbocycles. The van der Waals surface area contributed by atoms with E-state index in [1.165, 1.54) is 24.4 Å². The summed E-state index contributed by atoms with van der Waals surface area (Å²) in [4.78, 5) is 64.5. The van der Waals surface area contributed by atoms with Crippen LogP contribution in [0.1, 0.15) is 42.3 Å². The number of likely N-dealkylation sites (N-methyl/N-ethyl adjacent to an activating group) is 1. The average Bonchev–Trinajstić information content (AvgIpc) is 3.58. The van der Waals surface area contributed by atoms with Crippen molar-refractivity contribution in [3.05, 3.63) is 139 Å². The lowest BCUT2D eigenvalue weighted by atomic mass is 9.97. The smallest absolute Gasteiger partial charge is 0.410 e. The van der Waals surface area contributed by atoms with Gasteiger partial charge in [-0.3, -0.25) is 14.2 Å². The van der Waals surface area contributed by atoms with Gasteiger partial charge in [-0.05, 0) is 68.1 Å². The van der Waals surface area contributed by atoms with Crippen molar-refractivity contribution in [2.24, 2.45) is 7.05 Å². The Hall–Kier alpha value is -7.01. The van der Waals surface area contributed by atoms with Crippen molar-refractivity contribution < 1.29 is 32.2 Å². The molecule has 3 aromatic heterocycles. The third-order valence-electron chi connectivity index (χ3n) is 9.71. The number of nitrogens with zero attached hydrogens (tertiary/aromatic N) is 7. The van der Waals surface area contributed by atoms with Gasteiger partial charge in [0.05, 0.1) is 47.3 Å². The molecule has 314 valence electrons. The van der Waals surface area contributed by atoms with Gasteiger partial charge >= 0.3 is 23.4 Å². The molecule has 0 atom stereocenters. The molecule has 1 N–H and O–H groups in total. The van der Waals surface area contributed by atoms with Gasteiger partial charge in [0, 0.05) is 60.8 Å². The summed E-state index contributed by atoms with van der Waals surface area (Å²) in [5, 5.41) is 9.05. The second kappa shape index (κ2) is 16.6. The predicted octanol–water partition coefficient (Wildman–Crippen LogP) is 7.55. The van der Waals surface area contributed by atoms with Gasteiger partial charge in [-0.25, -0.2) is 36.9 Å². The number of amides is 1. The van der Waals surface area contributed by atoms with E-state index in [1.807, 2.05) is 0 Å². The summed E-state index contributed by atoms with van der Waals surface area (Å²) < 4.78 is 57.8. The zero-order valence-electron chi connectivity index (χ0n) is 33.7. The highest BCUT2D eigenvalue weighted by atomic mass is 35.5. The normalized spacial score (nSPS) is 11.6. The highest BCUT2D eigenvalue weighted by Gasteiger charge is 2.25. The highest BCUT2D eigenvalue weighted by molar-refractivity contribution is 6.34. The van der Waals surface area contributed by atoms with Crippen molar-refractivity contribution >= 4 is 57.0 Å². The summed E-state index contributed by atoms with van der Waals surface area (Å²) in [6.45, 7) is 4.60. The SMILES string of the molecule is COC(=O)c1cccc(-c2cccc3cncc(-n4c(=O)nc(Nc5c(Cl)cc6nn(C)cc6c5CCN(C)C(=O)OC(C)(C)C)n(Cc5cc(F)c(F)cc5F)c4=O)c23)c1. The van der Waals surface area contributed by atoms with Crippen molar-refractivity contribution in [3.63, 3.8) is 0 Å². The molecule has 7 rings (SSSR count). The van der Waals surface area contributed by atoms with Crippen molar-refractivity contribution in [2.75, 3.05) is 26.0 Å². The standard InChI is InChI=1S/C43H38ClF3N8O6/c1-43(2,3)61-42(59)52(4)14-13-28-29-22-53(5)51-34(29)17-30(44)37(28)49-39-50-40(57)55(41(58)54(39)21-26-16-32(46)33(47)18-31(26)45)35-20-48-19-25-11-8-12-27(36(25)35)23-9-7-10-24(15-23)38(56)60-6/h7-12,15-20,22H,13-14,21H2,1-6H3,(H,49,50,57). The van der Waals surface area contributed by atoms with E-state index in [1.54, 1.807) is 94.3 Å². The Morgan fingerprint density at radius 1 is 0.967 bits per heavy atom. The monoisotopic (exact) mass is 854 g/mol. The number of aromatic nitrogens is 6. The molecule has 0 aliphatic rings. The minimum atomic E-state index is -1.45. The maximum atomic E-state index is 15.4. The molecule has 61 heavy (non-hydrogen) atoms. The van der Waals surface area contributed by atoms with Gasteiger partial charge in [0.2, 0.25) is 5.95 Å². The lowest BCUT2D eigenvalue weighted by Gasteiger charge is -2.25. The number of halogens is 4. The molecule has 7 aromatic rings. The molecule has 0 unspecified atom stereocenters. The van der Waals surface area contributed by atoms with Crippen LogP contribution < -0.4 is 16.7 Å². The van der Waals surface area contributed by atoms with Gasteiger partial charge < -0.3 is 19.7 Å². The summed E-state index contributed by atoms with van der Waals surface area (Å²) >= 11 is 6.89. The van der Waals surface area contributed by atoms with Gasteiger partial charge in [-0.2, -0.15) is 10.1 Å². The fourth-order valence-electron chi connectivity index (χ4n) is 6.88. The fourth-order valence-corrected chi connectivity index (χ4v) is 7.15. The van der Waals surface area contributed by atoms with E-state index in [9.17, 15) is 28.0 Å². The van der Waals surface area contributed by atoms with Crippen LogP contribution in [-0.4, -0.2) is 72.1 Å². The first-order valence-corrected chi connectivity index (χ1v) is 19.1. The molecule has 0 saturated carbocycles. The Bertz CT molecular complexity index is 3010. The third kappa shape index (κ3) is 8.54. The molecular formula is C43H38ClF3N8O6.